The summed E-state index contributed by atoms with van der Waals surface area (Å²) in [5, 5.41) is 0. The third kappa shape index (κ3) is 7.39. The summed E-state index contributed by atoms with van der Waals surface area (Å²) in [4.78, 5) is 3.78. The van der Waals surface area contributed by atoms with Gasteiger partial charge >= 0.3 is 0 Å². The topological polar surface area (TPSA) is 62.9 Å². The van der Waals surface area contributed by atoms with Crippen molar-refractivity contribution in [1.29, 1.82) is 0 Å². The molecule has 0 bridgehead atoms. The number of hydrogen-bond acceptors (Lipinski definition) is 3. The van der Waals surface area contributed by atoms with Crippen LogP contribution in [0.4, 0.5) is 0 Å². The van der Waals surface area contributed by atoms with Crippen LogP contribution in [0.5, 0.6) is 0 Å². The van der Waals surface area contributed by atoms with Crippen LogP contribution in [-0.4, -0.2) is 36.9 Å². The third-order valence-electron chi connectivity index (χ3n) is 1.31. The van der Waals surface area contributed by atoms with Crippen LogP contribution < -0.4 is 0 Å². The van der Waals surface area contributed by atoms with Gasteiger partial charge in [-0.25, -0.2) is 0 Å². The summed E-state index contributed by atoms with van der Waals surface area (Å²) in [6.45, 7) is 3.11. The summed E-state index contributed by atoms with van der Waals surface area (Å²) in [6, 6.07) is 5.72. The Morgan fingerprint density at radius 3 is 1.38 bits per heavy atom. The van der Waals surface area contributed by atoms with Crippen LogP contribution in [0.25, 0.3) is 0 Å². The van der Waals surface area contributed by atoms with Crippen molar-refractivity contribution < 1.29 is 14.9 Å². The van der Waals surface area contributed by atoms with Gasteiger partial charge in [0, 0.05) is 12.4 Å². The second-order valence-corrected chi connectivity index (χ2v) is 2.25. The number of hydrogen-bond donors (Lipinski definition) is 0. The standard InChI is InChI=1S/C5H5N.C4H8O2.H2O/c1-2-4-6-5-3-1;1-2-6-4-3-5-1;/h1-5H;1-4H2;1H2. The average Bonchev–Trinajstić information content (AvgIpc) is 2.24. The molecule has 2 heterocycles. The summed E-state index contributed by atoms with van der Waals surface area (Å²) in [6.07, 6.45) is 3.50. The minimum atomic E-state index is 0. The minimum Gasteiger partial charge on any atom is -0.412 e. The molecule has 1 aliphatic rings. The SMILES string of the molecule is C1COCCO1.O.c1ccncc1. The highest BCUT2D eigenvalue weighted by Gasteiger charge is 1.94. The quantitative estimate of drug-likeness (QED) is 0.583. The van der Waals surface area contributed by atoms with E-state index in [0.29, 0.717) is 0 Å². The van der Waals surface area contributed by atoms with Gasteiger partial charge < -0.3 is 14.9 Å². The van der Waals surface area contributed by atoms with Crippen molar-refractivity contribution in [3.8, 4) is 0 Å². The van der Waals surface area contributed by atoms with Crippen molar-refractivity contribution in [2.24, 2.45) is 0 Å². The molecular weight excluding hydrogens is 170 g/mol. The largest absolute Gasteiger partial charge is 0.412 e. The lowest BCUT2D eigenvalue weighted by atomic mass is 10.5. The Morgan fingerprint density at radius 1 is 0.769 bits per heavy atom. The molecule has 0 radical (unpaired) electrons. The Balaban J connectivity index is 0.000000206. The molecule has 1 saturated heterocycles. The molecule has 4 nitrogen and oxygen atoms in total. The van der Waals surface area contributed by atoms with Gasteiger partial charge in [0.1, 0.15) is 0 Å². The molecule has 0 amide bonds. The molecule has 0 spiro atoms. The van der Waals surface area contributed by atoms with E-state index in [9.17, 15) is 0 Å². The summed E-state index contributed by atoms with van der Waals surface area (Å²) in [7, 11) is 0. The van der Waals surface area contributed by atoms with E-state index in [-0.39, 0.29) is 5.48 Å². The fourth-order valence-corrected chi connectivity index (χ4v) is 0.752. The molecule has 2 N–H and O–H groups in total. The Morgan fingerprint density at radius 2 is 1.23 bits per heavy atom. The van der Waals surface area contributed by atoms with Crippen molar-refractivity contribution in [2.75, 3.05) is 26.4 Å². The zero-order chi connectivity index (χ0) is 8.49. The number of ether oxygens (including phenoxy) is 2. The van der Waals surface area contributed by atoms with E-state index in [0.717, 1.165) is 26.4 Å². The molecule has 0 unspecified atom stereocenters. The van der Waals surface area contributed by atoms with Crippen molar-refractivity contribution in [3.05, 3.63) is 30.6 Å². The first kappa shape index (κ1) is 12.0. The van der Waals surface area contributed by atoms with Crippen LogP contribution in [0.1, 0.15) is 0 Å². The smallest absolute Gasteiger partial charge is 0.0701 e. The molecule has 0 aliphatic carbocycles. The fraction of sp³-hybridized carbons (Fsp3) is 0.444. The molecule has 0 saturated carbocycles. The van der Waals surface area contributed by atoms with Gasteiger partial charge in [-0.2, -0.15) is 0 Å². The average molecular weight is 185 g/mol. The molecule has 13 heavy (non-hydrogen) atoms. The molecule has 4 heteroatoms. The van der Waals surface area contributed by atoms with E-state index < -0.39 is 0 Å². The molecule has 0 aromatic carbocycles. The Labute approximate surface area is 77.8 Å². The van der Waals surface area contributed by atoms with Gasteiger partial charge in [-0.05, 0) is 12.1 Å². The van der Waals surface area contributed by atoms with E-state index in [1.54, 1.807) is 12.4 Å². The van der Waals surface area contributed by atoms with Crippen molar-refractivity contribution in [3.63, 3.8) is 0 Å². The second-order valence-electron chi connectivity index (χ2n) is 2.25. The molecule has 0 atom stereocenters. The molecule has 1 aromatic rings. The molecular formula is C9H15NO3. The second kappa shape index (κ2) is 9.12. The van der Waals surface area contributed by atoms with E-state index in [1.807, 2.05) is 18.2 Å². The number of nitrogens with zero attached hydrogens (tertiary/aromatic N) is 1. The van der Waals surface area contributed by atoms with Gasteiger partial charge in [-0.3, -0.25) is 4.98 Å². The highest BCUT2D eigenvalue weighted by Crippen LogP contribution is 1.85. The lowest BCUT2D eigenvalue weighted by Gasteiger charge is -2.09. The predicted molar refractivity (Wildman–Crippen MR) is 49.5 cm³/mol. The lowest BCUT2D eigenvalue weighted by molar-refractivity contribution is -0.0334. The van der Waals surface area contributed by atoms with Gasteiger partial charge in [0.15, 0.2) is 0 Å². The highest BCUT2D eigenvalue weighted by molar-refractivity contribution is 4.88. The van der Waals surface area contributed by atoms with Crippen molar-refractivity contribution in [2.45, 2.75) is 0 Å². The van der Waals surface area contributed by atoms with E-state index in [4.69, 9.17) is 9.47 Å². The van der Waals surface area contributed by atoms with Crippen molar-refractivity contribution in [1.82, 2.24) is 4.98 Å². The highest BCUT2D eigenvalue weighted by atomic mass is 16.6. The van der Waals surface area contributed by atoms with Crippen LogP contribution in [0.3, 0.4) is 0 Å². The number of pyridine rings is 1. The fourth-order valence-electron chi connectivity index (χ4n) is 0.752. The first-order valence-electron chi connectivity index (χ1n) is 4.00. The zero-order valence-electron chi connectivity index (χ0n) is 7.48. The van der Waals surface area contributed by atoms with Crippen LogP contribution >= 0.6 is 0 Å². The van der Waals surface area contributed by atoms with Gasteiger partial charge in [-0.15, -0.1) is 0 Å². The van der Waals surface area contributed by atoms with Crippen LogP contribution in [0.2, 0.25) is 0 Å². The predicted octanol–water partition coefficient (Wildman–Crippen LogP) is 0.290. The van der Waals surface area contributed by atoms with Crippen LogP contribution in [0.15, 0.2) is 30.6 Å². The lowest BCUT2D eigenvalue weighted by Crippen LogP contribution is -2.16. The summed E-state index contributed by atoms with van der Waals surface area (Å²) in [5.41, 5.74) is 0. The normalized spacial score (nSPS) is 14.8. The molecule has 1 aliphatic heterocycles. The van der Waals surface area contributed by atoms with Gasteiger partial charge in [-0.1, -0.05) is 6.07 Å². The first-order valence-corrected chi connectivity index (χ1v) is 4.00. The van der Waals surface area contributed by atoms with Gasteiger partial charge in [0.2, 0.25) is 0 Å². The maximum absolute atomic E-state index is 4.94. The summed E-state index contributed by atoms with van der Waals surface area (Å²) < 4.78 is 9.89. The molecule has 1 aromatic heterocycles. The van der Waals surface area contributed by atoms with E-state index in [2.05, 4.69) is 4.98 Å². The molecule has 2 rings (SSSR count). The Bertz CT molecular complexity index is 139. The monoisotopic (exact) mass is 185 g/mol. The zero-order valence-corrected chi connectivity index (χ0v) is 7.48. The van der Waals surface area contributed by atoms with Crippen LogP contribution in [0, 0.1) is 0 Å². The van der Waals surface area contributed by atoms with Gasteiger partial charge in [0.05, 0.1) is 26.4 Å². The maximum atomic E-state index is 4.94. The molecule has 1 fully saturated rings. The Hall–Kier alpha value is -0.970. The number of rotatable bonds is 0. The van der Waals surface area contributed by atoms with E-state index in [1.165, 1.54) is 0 Å². The van der Waals surface area contributed by atoms with E-state index >= 15 is 0 Å². The maximum Gasteiger partial charge on any atom is 0.0701 e. The third-order valence-corrected chi connectivity index (χ3v) is 1.31. The van der Waals surface area contributed by atoms with Crippen molar-refractivity contribution >= 4 is 0 Å². The minimum absolute atomic E-state index is 0. The summed E-state index contributed by atoms with van der Waals surface area (Å²) >= 11 is 0. The summed E-state index contributed by atoms with van der Waals surface area (Å²) in [5.74, 6) is 0. The molecule has 74 valence electrons. The number of aromatic nitrogens is 1. The van der Waals surface area contributed by atoms with Gasteiger partial charge in [0.25, 0.3) is 0 Å². The van der Waals surface area contributed by atoms with Crippen LogP contribution in [-0.2, 0) is 9.47 Å². The Kier molecular flexibility index (Phi) is 8.44. The first-order chi connectivity index (χ1) is 6.00.